The molecule has 0 aromatic carbocycles. The highest BCUT2D eigenvalue weighted by atomic mass is 16.5. The van der Waals surface area contributed by atoms with Crippen molar-refractivity contribution in [3.05, 3.63) is 0 Å². The molecule has 1 atom stereocenters. The van der Waals surface area contributed by atoms with Crippen molar-refractivity contribution in [1.29, 1.82) is 0 Å². The van der Waals surface area contributed by atoms with Crippen LogP contribution in [0.25, 0.3) is 11.2 Å². The first kappa shape index (κ1) is 25.0. The number of ether oxygens (including phenoxy) is 2. The van der Waals surface area contributed by atoms with Crippen LogP contribution in [0.3, 0.4) is 0 Å². The summed E-state index contributed by atoms with van der Waals surface area (Å²) in [4.78, 5) is 19.1. The van der Waals surface area contributed by atoms with Crippen LogP contribution >= 0.6 is 0 Å². The van der Waals surface area contributed by atoms with E-state index in [2.05, 4.69) is 26.3 Å². The smallest absolute Gasteiger partial charge is 0.320 e. The lowest BCUT2D eigenvalue weighted by molar-refractivity contribution is 0.112. The molecule has 2 aliphatic heterocycles. The van der Waals surface area contributed by atoms with E-state index in [1.165, 1.54) is 64.5 Å². The number of unbranched alkanes of at least 4 members (excludes halogenated alkanes) is 1. The van der Waals surface area contributed by atoms with Crippen LogP contribution in [0.15, 0.2) is 0 Å². The van der Waals surface area contributed by atoms with Gasteiger partial charge in [0.1, 0.15) is 0 Å². The molecule has 2 aliphatic rings. The zero-order valence-corrected chi connectivity index (χ0v) is 21.2. The highest BCUT2D eigenvalue weighted by Crippen LogP contribution is 2.33. The van der Waals surface area contributed by atoms with Crippen molar-refractivity contribution in [2.45, 2.75) is 83.7 Å². The molecular formula is C25H43N7O2. The maximum absolute atomic E-state index is 6.33. The van der Waals surface area contributed by atoms with Gasteiger partial charge in [0.05, 0.1) is 19.9 Å². The maximum atomic E-state index is 6.33. The van der Waals surface area contributed by atoms with Gasteiger partial charge in [-0.2, -0.15) is 15.0 Å². The van der Waals surface area contributed by atoms with Gasteiger partial charge in [-0.3, -0.25) is 9.47 Å². The number of likely N-dealkylation sites (tertiary alicyclic amines) is 2. The van der Waals surface area contributed by atoms with Crippen LogP contribution in [0.5, 0.6) is 12.0 Å². The molecule has 2 fully saturated rings. The summed E-state index contributed by atoms with van der Waals surface area (Å²) in [6.07, 6.45) is 13.4. The van der Waals surface area contributed by atoms with E-state index in [9.17, 15) is 0 Å². The summed E-state index contributed by atoms with van der Waals surface area (Å²) >= 11 is 0. The van der Waals surface area contributed by atoms with Gasteiger partial charge < -0.3 is 20.1 Å². The Balaban J connectivity index is 1.68. The Labute approximate surface area is 204 Å². The zero-order chi connectivity index (χ0) is 23.8. The lowest BCUT2D eigenvalue weighted by Gasteiger charge is -2.34. The summed E-state index contributed by atoms with van der Waals surface area (Å²) in [6.45, 7) is 8.32. The second-order valence-corrected chi connectivity index (χ2v) is 9.71. The Morgan fingerprint density at radius 3 is 2.24 bits per heavy atom. The van der Waals surface area contributed by atoms with Crippen LogP contribution in [-0.4, -0.2) is 75.8 Å². The number of aromatic nitrogens is 4. The minimum atomic E-state index is 0.110. The standard InChI is InChI=1S/C25H43N7O2/c1-3-4-19-34-24-28-22(26)21-23(29-24)32(25(27-21)33-2)20(31-16-11-7-8-12-17-31)13-18-30-14-9-5-6-10-15-30/h20H,3-19H2,1-2H3,(H2,26,28,29). The second kappa shape index (κ2) is 12.5. The number of anilines is 1. The first-order chi connectivity index (χ1) is 16.7. The summed E-state index contributed by atoms with van der Waals surface area (Å²) in [5.74, 6) is 0.343. The molecule has 190 valence electrons. The molecule has 2 saturated heterocycles. The fraction of sp³-hybridized carbons (Fsp3) is 0.800. The van der Waals surface area contributed by atoms with Crippen molar-refractivity contribution < 1.29 is 9.47 Å². The van der Waals surface area contributed by atoms with Crippen molar-refractivity contribution in [1.82, 2.24) is 29.3 Å². The van der Waals surface area contributed by atoms with E-state index < -0.39 is 0 Å². The first-order valence-electron chi connectivity index (χ1n) is 13.4. The molecule has 4 heterocycles. The molecule has 4 rings (SSSR count). The molecule has 34 heavy (non-hydrogen) atoms. The summed E-state index contributed by atoms with van der Waals surface area (Å²) < 4.78 is 13.8. The van der Waals surface area contributed by atoms with Gasteiger partial charge in [0.25, 0.3) is 6.01 Å². The van der Waals surface area contributed by atoms with Crippen LogP contribution in [0.2, 0.25) is 0 Å². The zero-order valence-electron chi connectivity index (χ0n) is 21.2. The molecule has 0 bridgehead atoms. The Morgan fingerprint density at radius 1 is 0.912 bits per heavy atom. The van der Waals surface area contributed by atoms with Gasteiger partial charge in [-0.15, -0.1) is 0 Å². The number of imidazole rings is 1. The SMILES string of the molecule is CCCCOc1nc(N)c2nc(OC)n(C(CCN3CCCCCC3)N3CCCCCC3)c2n1. The third-order valence-electron chi connectivity index (χ3n) is 7.19. The Hall–Kier alpha value is -2.13. The molecule has 0 aliphatic carbocycles. The van der Waals surface area contributed by atoms with Crippen LogP contribution in [0.1, 0.15) is 83.7 Å². The van der Waals surface area contributed by atoms with Crippen molar-refractivity contribution in [2.75, 3.05) is 52.2 Å². The van der Waals surface area contributed by atoms with Crippen LogP contribution in [-0.2, 0) is 0 Å². The summed E-state index contributed by atoms with van der Waals surface area (Å²) in [5.41, 5.74) is 7.63. The number of nitrogen functional groups attached to an aromatic ring is 1. The number of hydrogen-bond donors (Lipinski definition) is 1. The molecule has 0 radical (unpaired) electrons. The number of hydrogen-bond acceptors (Lipinski definition) is 8. The molecule has 9 heteroatoms. The summed E-state index contributed by atoms with van der Waals surface area (Å²) in [7, 11) is 1.67. The minimum absolute atomic E-state index is 0.110. The molecule has 0 spiro atoms. The number of nitrogens with two attached hydrogens (primary N) is 1. The van der Waals surface area contributed by atoms with E-state index in [4.69, 9.17) is 25.2 Å². The number of nitrogens with zero attached hydrogens (tertiary/aromatic N) is 6. The summed E-state index contributed by atoms with van der Waals surface area (Å²) in [5, 5.41) is 0. The first-order valence-corrected chi connectivity index (χ1v) is 13.4. The molecule has 9 nitrogen and oxygen atoms in total. The number of rotatable bonds is 10. The molecule has 2 N–H and O–H groups in total. The van der Waals surface area contributed by atoms with E-state index in [1.807, 2.05) is 0 Å². The number of fused-ring (bicyclic) bond motifs is 1. The number of methoxy groups -OCH3 is 1. The van der Waals surface area contributed by atoms with E-state index in [-0.39, 0.29) is 6.17 Å². The van der Waals surface area contributed by atoms with E-state index in [1.54, 1.807) is 7.11 Å². The van der Waals surface area contributed by atoms with Gasteiger partial charge in [0.2, 0.25) is 0 Å². The largest absolute Gasteiger partial charge is 0.468 e. The topological polar surface area (TPSA) is 94.6 Å². The van der Waals surface area contributed by atoms with Gasteiger partial charge in [0.15, 0.2) is 17.0 Å². The highest BCUT2D eigenvalue weighted by molar-refractivity contribution is 5.83. The second-order valence-electron chi connectivity index (χ2n) is 9.71. The summed E-state index contributed by atoms with van der Waals surface area (Å²) in [6, 6.07) is 0.871. The average Bonchev–Trinajstić information content (AvgIpc) is 3.05. The average molecular weight is 474 g/mol. The molecule has 0 saturated carbocycles. The fourth-order valence-corrected chi connectivity index (χ4v) is 5.27. The normalized spacial score (nSPS) is 19.6. The van der Waals surface area contributed by atoms with Crippen molar-refractivity contribution in [3.63, 3.8) is 0 Å². The van der Waals surface area contributed by atoms with E-state index in [0.29, 0.717) is 35.6 Å². The Kier molecular flexibility index (Phi) is 9.21. The quantitative estimate of drug-likeness (QED) is 0.512. The molecule has 0 amide bonds. The third kappa shape index (κ3) is 6.10. The van der Waals surface area contributed by atoms with Gasteiger partial charge in [-0.1, -0.05) is 39.0 Å². The van der Waals surface area contributed by atoms with Crippen LogP contribution < -0.4 is 15.2 Å². The van der Waals surface area contributed by atoms with Gasteiger partial charge >= 0.3 is 6.01 Å². The van der Waals surface area contributed by atoms with E-state index in [0.717, 1.165) is 38.9 Å². The third-order valence-corrected chi connectivity index (χ3v) is 7.19. The van der Waals surface area contributed by atoms with Crippen molar-refractivity contribution in [2.24, 2.45) is 0 Å². The molecule has 1 unspecified atom stereocenters. The Bertz CT molecular complexity index is 887. The fourth-order valence-electron chi connectivity index (χ4n) is 5.27. The lowest BCUT2D eigenvalue weighted by atomic mass is 10.2. The molecular weight excluding hydrogens is 430 g/mol. The molecule has 2 aromatic rings. The highest BCUT2D eigenvalue weighted by Gasteiger charge is 2.29. The van der Waals surface area contributed by atoms with Crippen molar-refractivity contribution in [3.8, 4) is 12.0 Å². The maximum Gasteiger partial charge on any atom is 0.320 e. The Morgan fingerprint density at radius 2 is 1.59 bits per heavy atom. The monoisotopic (exact) mass is 473 g/mol. The van der Waals surface area contributed by atoms with E-state index >= 15 is 0 Å². The van der Waals surface area contributed by atoms with Crippen molar-refractivity contribution >= 4 is 17.0 Å². The van der Waals surface area contributed by atoms with Crippen LogP contribution in [0, 0.1) is 0 Å². The predicted octanol–water partition coefficient (Wildman–Crippen LogP) is 4.24. The minimum Gasteiger partial charge on any atom is -0.468 e. The molecule has 2 aromatic heterocycles. The van der Waals surface area contributed by atoms with Crippen LogP contribution in [0.4, 0.5) is 5.82 Å². The lowest BCUT2D eigenvalue weighted by Crippen LogP contribution is -2.37. The predicted molar refractivity (Wildman–Crippen MR) is 135 cm³/mol. The van der Waals surface area contributed by atoms with Gasteiger partial charge in [-0.05, 0) is 51.6 Å². The van der Waals surface area contributed by atoms with Gasteiger partial charge in [-0.25, -0.2) is 0 Å². The van der Waals surface area contributed by atoms with Gasteiger partial charge in [0, 0.05) is 19.6 Å².